The predicted octanol–water partition coefficient (Wildman–Crippen LogP) is 1.29. The van der Waals surface area contributed by atoms with Crippen LogP contribution in [-0.4, -0.2) is 62.6 Å². The average molecular weight is 335 g/mol. The van der Waals surface area contributed by atoms with Gasteiger partial charge in [-0.25, -0.2) is 14.5 Å². The molecule has 0 aromatic carbocycles. The first kappa shape index (κ1) is 20.2. The topological polar surface area (TPSA) is 141 Å². The molecule has 11 nitrogen and oxygen atoms in total. The van der Waals surface area contributed by atoms with E-state index >= 15 is 0 Å². The van der Waals surface area contributed by atoms with Crippen molar-refractivity contribution in [1.29, 1.82) is 0 Å². The van der Waals surface area contributed by atoms with Crippen LogP contribution in [-0.2, 0) is 19.1 Å². The zero-order valence-corrected chi connectivity index (χ0v) is 12.0. The summed E-state index contributed by atoms with van der Waals surface area (Å²) in [6.07, 6.45) is -0.596. The standard InChI is InChI=1S/C9H19ClN2O9/c1-7(10)20-9(13)18-5-3-2-4-8(21-12(16)17)6-19-11(14)15/h7-8,14-17H,2-6H2,1H3/t7?,8-/m1/s1. The number of carbonyl (C=O) groups is 1. The van der Waals surface area contributed by atoms with Crippen molar-refractivity contribution in [2.75, 3.05) is 13.2 Å². The Labute approximate surface area is 125 Å². The van der Waals surface area contributed by atoms with Gasteiger partial charge in [0.15, 0.2) is 5.56 Å². The summed E-state index contributed by atoms with van der Waals surface area (Å²) in [6.45, 7) is 1.19. The zero-order valence-electron chi connectivity index (χ0n) is 11.3. The highest BCUT2D eigenvalue weighted by Crippen LogP contribution is 2.08. The molecule has 0 amide bonds. The zero-order chi connectivity index (χ0) is 16.3. The third kappa shape index (κ3) is 14.0. The monoisotopic (exact) mass is 334 g/mol. The van der Waals surface area contributed by atoms with Crippen molar-refractivity contribution in [3.63, 3.8) is 0 Å². The molecule has 0 fully saturated rings. The van der Waals surface area contributed by atoms with Crippen molar-refractivity contribution in [3.05, 3.63) is 0 Å². The Hall–Kier alpha value is -0.760. The van der Waals surface area contributed by atoms with Crippen LogP contribution in [0.15, 0.2) is 0 Å². The number of hydrogen-bond acceptors (Lipinski definition) is 11. The fraction of sp³-hybridized carbons (Fsp3) is 0.889. The van der Waals surface area contributed by atoms with Gasteiger partial charge in [-0.2, -0.15) is 0 Å². The molecule has 0 aromatic heterocycles. The van der Waals surface area contributed by atoms with Crippen LogP contribution >= 0.6 is 11.6 Å². The fourth-order valence-electron chi connectivity index (χ4n) is 1.25. The normalized spacial score (nSPS) is 14.3. The third-order valence-corrected chi connectivity index (χ3v) is 2.11. The third-order valence-electron chi connectivity index (χ3n) is 2.02. The van der Waals surface area contributed by atoms with E-state index in [0.717, 1.165) is 0 Å². The van der Waals surface area contributed by atoms with Crippen molar-refractivity contribution < 1.29 is 44.8 Å². The summed E-state index contributed by atoms with van der Waals surface area (Å²) < 4.78 is 9.22. The van der Waals surface area contributed by atoms with Crippen LogP contribution in [0, 0.1) is 0 Å². The Kier molecular flexibility index (Phi) is 11.4. The molecule has 0 radical (unpaired) electrons. The maximum Gasteiger partial charge on any atom is 0.509 e. The second-order valence-corrected chi connectivity index (χ2v) is 4.40. The number of carbonyl (C=O) groups excluding carboxylic acids is 1. The summed E-state index contributed by atoms with van der Waals surface area (Å²) >= 11 is 5.41. The first-order chi connectivity index (χ1) is 9.81. The number of ether oxygens (including phenoxy) is 2. The molecule has 0 bridgehead atoms. The molecule has 0 saturated heterocycles. The van der Waals surface area contributed by atoms with Gasteiger partial charge in [0.1, 0.15) is 12.7 Å². The summed E-state index contributed by atoms with van der Waals surface area (Å²) in [5, 5.41) is 32.7. The van der Waals surface area contributed by atoms with E-state index in [1.165, 1.54) is 6.92 Å². The number of rotatable bonds is 11. The molecule has 0 spiro atoms. The van der Waals surface area contributed by atoms with Crippen LogP contribution in [0.3, 0.4) is 0 Å². The molecule has 12 heteroatoms. The van der Waals surface area contributed by atoms with Crippen LogP contribution < -0.4 is 0 Å². The molecule has 0 saturated carbocycles. The lowest BCUT2D eigenvalue weighted by molar-refractivity contribution is -0.527. The molecule has 2 atom stereocenters. The minimum absolute atomic E-state index is 0.0735. The average Bonchev–Trinajstić information content (AvgIpc) is 2.33. The van der Waals surface area contributed by atoms with E-state index in [1.54, 1.807) is 0 Å². The van der Waals surface area contributed by atoms with Crippen molar-refractivity contribution in [3.8, 4) is 0 Å². The van der Waals surface area contributed by atoms with Crippen LogP contribution in [0.4, 0.5) is 4.79 Å². The number of unbranched alkanes of at least 4 members (excludes halogenated alkanes) is 1. The molecule has 0 heterocycles. The number of nitrogens with zero attached hydrogens (tertiary/aromatic N) is 2. The van der Waals surface area contributed by atoms with Crippen LogP contribution in [0.1, 0.15) is 26.2 Å². The lowest BCUT2D eigenvalue weighted by Gasteiger charge is -2.18. The summed E-state index contributed by atoms with van der Waals surface area (Å²) in [5.41, 5.74) is -0.785. The molecule has 4 N–H and O–H groups in total. The van der Waals surface area contributed by atoms with Crippen molar-refractivity contribution in [2.24, 2.45) is 0 Å². The highest BCUT2D eigenvalue weighted by molar-refractivity contribution is 6.19. The minimum atomic E-state index is -0.887. The van der Waals surface area contributed by atoms with Gasteiger partial charge in [-0.1, -0.05) is 11.6 Å². The van der Waals surface area contributed by atoms with Crippen molar-refractivity contribution in [2.45, 2.75) is 37.9 Å². The van der Waals surface area contributed by atoms with Gasteiger partial charge in [0.2, 0.25) is 0 Å². The Morgan fingerprint density at radius 1 is 1.19 bits per heavy atom. The van der Waals surface area contributed by atoms with Crippen molar-refractivity contribution >= 4 is 17.8 Å². The lowest BCUT2D eigenvalue weighted by Crippen LogP contribution is -2.31. The molecule has 0 aliphatic rings. The minimum Gasteiger partial charge on any atom is -0.434 e. The number of alkyl halides is 1. The highest BCUT2D eigenvalue weighted by atomic mass is 35.5. The molecule has 0 rings (SSSR count). The number of hydrogen-bond donors (Lipinski definition) is 4. The maximum atomic E-state index is 11.0. The van der Waals surface area contributed by atoms with Crippen molar-refractivity contribution in [1.82, 2.24) is 10.8 Å². The second kappa shape index (κ2) is 11.9. The lowest BCUT2D eigenvalue weighted by atomic mass is 10.2. The second-order valence-electron chi connectivity index (χ2n) is 3.78. The smallest absolute Gasteiger partial charge is 0.434 e. The van der Waals surface area contributed by atoms with Gasteiger partial charge in [-0.15, -0.1) is 0 Å². The van der Waals surface area contributed by atoms with E-state index < -0.39 is 28.6 Å². The fourth-order valence-corrected chi connectivity index (χ4v) is 1.32. The molecular weight excluding hydrogens is 316 g/mol. The first-order valence-corrected chi connectivity index (χ1v) is 6.37. The van der Waals surface area contributed by atoms with Gasteiger partial charge in [0, 0.05) is 0 Å². The molecule has 126 valence electrons. The molecule has 21 heavy (non-hydrogen) atoms. The summed E-state index contributed by atoms with van der Waals surface area (Å²) in [4.78, 5) is 19.8. The van der Waals surface area contributed by atoms with Crippen LogP contribution in [0.25, 0.3) is 0 Å². The SMILES string of the molecule is CC(Cl)OC(=O)OCCCC[C@H](CON(O)O)ON(O)O. The first-order valence-electron chi connectivity index (χ1n) is 5.94. The van der Waals surface area contributed by atoms with E-state index in [-0.39, 0.29) is 19.6 Å². The maximum absolute atomic E-state index is 11.0. The van der Waals surface area contributed by atoms with Gasteiger partial charge >= 0.3 is 6.16 Å². The Balaban J connectivity index is 3.78. The molecule has 1 unspecified atom stereocenters. The van der Waals surface area contributed by atoms with E-state index in [4.69, 9.17) is 37.2 Å². The van der Waals surface area contributed by atoms with E-state index in [0.29, 0.717) is 12.8 Å². The quantitative estimate of drug-likeness (QED) is 0.188. The van der Waals surface area contributed by atoms with Gasteiger partial charge in [-0.05, 0) is 26.2 Å². The Morgan fingerprint density at radius 2 is 1.86 bits per heavy atom. The van der Waals surface area contributed by atoms with Crippen LogP contribution in [0.5, 0.6) is 0 Å². The molecular formula is C9H19ClN2O9. The summed E-state index contributed by atoms with van der Waals surface area (Å²) in [5.74, 6) is 0. The van der Waals surface area contributed by atoms with E-state index in [1.807, 2.05) is 0 Å². The Morgan fingerprint density at radius 3 is 2.38 bits per heavy atom. The highest BCUT2D eigenvalue weighted by Gasteiger charge is 2.15. The Bertz CT molecular complexity index is 280. The molecule has 0 aliphatic carbocycles. The largest absolute Gasteiger partial charge is 0.509 e. The molecule has 0 aliphatic heterocycles. The van der Waals surface area contributed by atoms with Gasteiger partial charge in [-0.3, -0.25) is 20.8 Å². The van der Waals surface area contributed by atoms with Gasteiger partial charge < -0.3 is 9.47 Å². The van der Waals surface area contributed by atoms with Gasteiger partial charge in [0.05, 0.1) is 17.4 Å². The summed E-state index contributed by atoms with van der Waals surface area (Å²) in [7, 11) is 0. The summed E-state index contributed by atoms with van der Waals surface area (Å²) in [6, 6.07) is 0. The van der Waals surface area contributed by atoms with E-state index in [9.17, 15) is 4.79 Å². The molecule has 0 aromatic rings. The van der Waals surface area contributed by atoms with Crippen LogP contribution in [0.2, 0.25) is 0 Å². The number of halogens is 1. The van der Waals surface area contributed by atoms with Gasteiger partial charge in [0.25, 0.3) is 0 Å². The van der Waals surface area contributed by atoms with E-state index in [2.05, 4.69) is 14.4 Å². The predicted molar refractivity (Wildman–Crippen MR) is 63.2 cm³/mol.